The van der Waals surface area contributed by atoms with Gasteiger partial charge in [-0.2, -0.15) is 0 Å². The quantitative estimate of drug-likeness (QED) is 0.443. The molecule has 0 radical (unpaired) electrons. The molecule has 5 aliphatic rings. The van der Waals surface area contributed by atoms with Crippen molar-refractivity contribution < 1.29 is 15.3 Å². The average molecular weight is 461 g/mol. The summed E-state index contributed by atoms with van der Waals surface area (Å²) in [6, 6.07) is 0. The maximum atomic E-state index is 10.9. The maximum Gasteiger partial charge on any atom is 0.0618 e. The Morgan fingerprint density at radius 1 is 0.788 bits per heavy atom. The molecule has 5 fully saturated rings. The SMILES string of the molecule is CC(C)CC(O)C[C@@H](C)[C@H]1CC[C@@]2(C)[C@@H]3CC[C@H]4[C@](C)(CO)[C@@H](O)CC[C@@]45C[C@@]35CC[C@]12C. The minimum absolute atomic E-state index is 0.134. The lowest BCUT2D eigenvalue weighted by Gasteiger charge is -2.63. The van der Waals surface area contributed by atoms with Crippen molar-refractivity contribution >= 4 is 0 Å². The van der Waals surface area contributed by atoms with E-state index in [0.717, 1.165) is 31.1 Å². The van der Waals surface area contributed by atoms with E-state index in [1.165, 1.54) is 51.4 Å². The highest BCUT2D eigenvalue weighted by Gasteiger charge is 2.82. The predicted molar refractivity (Wildman–Crippen MR) is 134 cm³/mol. The first kappa shape index (κ1) is 24.6. The number of rotatable bonds is 6. The highest BCUT2D eigenvalue weighted by atomic mass is 16.3. The Labute approximate surface area is 203 Å². The normalized spacial score (nSPS) is 54.7. The van der Waals surface area contributed by atoms with Crippen LogP contribution in [0.5, 0.6) is 0 Å². The molecule has 1 unspecified atom stereocenters. The summed E-state index contributed by atoms with van der Waals surface area (Å²) < 4.78 is 0. The molecule has 5 rings (SSSR count). The summed E-state index contributed by atoms with van der Waals surface area (Å²) in [6.07, 6.45) is 12.7. The van der Waals surface area contributed by atoms with Crippen molar-refractivity contribution in [3.05, 3.63) is 0 Å². The van der Waals surface area contributed by atoms with Crippen LogP contribution in [0.15, 0.2) is 0 Å². The highest BCUT2D eigenvalue weighted by Crippen LogP contribution is 2.89. The first-order valence-electron chi connectivity index (χ1n) is 14.4. The van der Waals surface area contributed by atoms with Gasteiger partial charge in [-0.05, 0) is 122 Å². The Kier molecular flexibility index (Phi) is 5.72. The fraction of sp³-hybridized carbons (Fsp3) is 1.00. The number of hydrogen-bond acceptors (Lipinski definition) is 3. The zero-order valence-electron chi connectivity index (χ0n) is 22.4. The van der Waals surface area contributed by atoms with Crippen molar-refractivity contribution in [1.82, 2.24) is 0 Å². The molecule has 0 aromatic rings. The Bertz CT molecular complexity index is 766. The molecule has 0 amide bonds. The lowest BCUT2D eigenvalue weighted by molar-refractivity contribution is -0.175. The van der Waals surface area contributed by atoms with Gasteiger partial charge in [0.05, 0.1) is 18.8 Å². The van der Waals surface area contributed by atoms with Crippen LogP contribution in [0.2, 0.25) is 0 Å². The zero-order valence-corrected chi connectivity index (χ0v) is 22.4. The summed E-state index contributed by atoms with van der Waals surface area (Å²) in [5.74, 6) is 3.17. The van der Waals surface area contributed by atoms with E-state index in [0.29, 0.717) is 39.4 Å². The molecule has 0 aromatic heterocycles. The smallest absolute Gasteiger partial charge is 0.0618 e. The third kappa shape index (κ3) is 3.03. The second kappa shape index (κ2) is 7.69. The molecule has 0 aliphatic heterocycles. The van der Waals surface area contributed by atoms with Crippen LogP contribution in [0.1, 0.15) is 112 Å². The predicted octanol–water partition coefficient (Wildman–Crippen LogP) is 6.19. The number of fused-ring (bicyclic) bond motifs is 2. The summed E-state index contributed by atoms with van der Waals surface area (Å²) in [4.78, 5) is 0. The van der Waals surface area contributed by atoms with Crippen LogP contribution >= 0.6 is 0 Å². The molecule has 0 heterocycles. The van der Waals surface area contributed by atoms with E-state index in [1.807, 2.05) is 0 Å². The lowest BCUT2D eigenvalue weighted by atomic mass is 9.41. The van der Waals surface area contributed by atoms with Gasteiger partial charge in [0.25, 0.3) is 0 Å². The Morgan fingerprint density at radius 2 is 1.45 bits per heavy atom. The van der Waals surface area contributed by atoms with Crippen molar-refractivity contribution in [3.63, 3.8) is 0 Å². The molecule has 33 heavy (non-hydrogen) atoms. The van der Waals surface area contributed by atoms with Crippen molar-refractivity contribution in [2.45, 2.75) is 124 Å². The Morgan fingerprint density at radius 3 is 2.12 bits per heavy atom. The van der Waals surface area contributed by atoms with Crippen molar-refractivity contribution in [1.29, 1.82) is 0 Å². The molecule has 11 atom stereocenters. The number of hydrogen-bond donors (Lipinski definition) is 3. The van der Waals surface area contributed by atoms with E-state index >= 15 is 0 Å². The molecular weight excluding hydrogens is 408 g/mol. The minimum atomic E-state index is -0.342. The molecule has 3 heteroatoms. The van der Waals surface area contributed by atoms with Crippen molar-refractivity contribution in [2.24, 2.45) is 56.7 Å². The van der Waals surface area contributed by atoms with Crippen LogP contribution in [0, 0.1) is 56.7 Å². The number of aliphatic hydroxyl groups is 3. The van der Waals surface area contributed by atoms with E-state index in [-0.39, 0.29) is 24.2 Å². The molecule has 5 aliphatic carbocycles. The first-order valence-corrected chi connectivity index (χ1v) is 14.4. The van der Waals surface area contributed by atoms with Crippen LogP contribution in [-0.2, 0) is 0 Å². The molecule has 0 saturated heterocycles. The van der Waals surface area contributed by atoms with Crippen molar-refractivity contribution in [3.8, 4) is 0 Å². The summed E-state index contributed by atoms with van der Waals surface area (Å²) in [5, 5.41) is 32.0. The lowest BCUT2D eigenvalue weighted by Crippen LogP contribution is -2.59. The van der Waals surface area contributed by atoms with Crippen LogP contribution < -0.4 is 0 Å². The minimum Gasteiger partial charge on any atom is -0.396 e. The van der Waals surface area contributed by atoms with Gasteiger partial charge >= 0.3 is 0 Å². The third-order valence-corrected chi connectivity index (χ3v) is 13.4. The largest absolute Gasteiger partial charge is 0.396 e. The van der Waals surface area contributed by atoms with Gasteiger partial charge in [-0.25, -0.2) is 0 Å². The Hall–Kier alpha value is -0.120. The molecule has 0 bridgehead atoms. The van der Waals surface area contributed by atoms with Gasteiger partial charge in [0, 0.05) is 5.41 Å². The van der Waals surface area contributed by atoms with E-state index < -0.39 is 0 Å². The zero-order chi connectivity index (χ0) is 24.0. The molecule has 3 nitrogen and oxygen atoms in total. The summed E-state index contributed by atoms with van der Waals surface area (Å²) in [6.45, 7) is 14.5. The van der Waals surface area contributed by atoms with E-state index in [4.69, 9.17) is 0 Å². The van der Waals surface area contributed by atoms with E-state index in [1.54, 1.807) is 0 Å². The average Bonchev–Trinajstić information content (AvgIpc) is 3.32. The van der Waals surface area contributed by atoms with Crippen LogP contribution in [0.4, 0.5) is 0 Å². The molecule has 5 saturated carbocycles. The van der Waals surface area contributed by atoms with Gasteiger partial charge in [-0.3, -0.25) is 0 Å². The fourth-order valence-electron chi connectivity index (χ4n) is 11.6. The van der Waals surface area contributed by atoms with Crippen LogP contribution in [0.25, 0.3) is 0 Å². The highest BCUT2D eigenvalue weighted by molar-refractivity contribution is 5.30. The maximum absolute atomic E-state index is 10.9. The Balaban J connectivity index is 1.40. The third-order valence-electron chi connectivity index (χ3n) is 13.4. The molecular formula is C30H52O3. The standard InChI is InChI=1S/C30H52O3/c1-19(2)15-21(32)16-20(3)22-9-11-28(6)24-8-7-23-26(4,18-31)25(33)10-12-29(23)17-30(24,29)14-13-27(22,28)5/h19-25,31-33H,7-18H2,1-6H3/t20-,21?,22-,23+,24+,25+,26+,27-,28+,29-,30+/m1/s1. The second-order valence-electron chi connectivity index (χ2n) is 14.9. The summed E-state index contributed by atoms with van der Waals surface area (Å²) >= 11 is 0. The molecule has 190 valence electrons. The van der Waals surface area contributed by atoms with Gasteiger partial charge in [0.2, 0.25) is 0 Å². The topological polar surface area (TPSA) is 60.7 Å². The van der Waals surface area contributed by atoms with E-state index in [2.05, 4.69) is 41.5 Å². The molecule has 2 spiro atoms. The fourth-order valence-corrected chi connectivity index (χ4v) is 11.6. The van der Waals surface area contributed by atoms with Gasteiger partial charge in [0.1, 0.15) is 0 Å². The van der Waals surface area contributed by atoms with E-state index in [9.17, 15) is 15.3 Å². The van der Waals surface area contributed by atoms with Gasteiger partial charge in [-0.15, -0.1) is 0 Å². The summed E-state index contributed by atoms with van der Waals surface area (Å²) in [5.41, 5.74) is 1.32. The van der Waals surface area contributed by atoms with Crippen molar-refractivity contribution in [2.75, 3.05) is 6.61 Å². The van der Waals surface area contributed by atoms with Gasteiger partial charge in [0.15, 0.2) is 0 Å². The monoisotopic (exact) mass is 460 g/mol. The van der Waals surface area contributed by atoms with Gasteiger partial charge < -0.3 is 15.3 Å². The second-order valence-corrected chi connectivity index (χ2v) is 14.9. The van der Waals surface area contributed by atoms with Gasteiger partial charge in [-0.1, -0.05) is 41.5 Å². The first-order chi connectivity index (χ1) is 15.4. The molecule has 0 aromatic carbocycles. The van der Waals surface area contributed by atoms with Crippen LogP contribution in [0.3, 0.4) is 0 Å². The summed E-state index contributed by atoms with van der Waals surface area (Å²) in [7, 11) is 0. The van der Waals surface area contributed by atoms with Crippen LogP contribution in [-0.4, -0.2) is 34.1 Å². The number of aliphatic hydroxyl groups excluding tert-OH is 3. The molecule has 3 N–H and O–H groups in total.